The molecular formula is C10H12O3. The van der Waals surface area contributed by atoms with Crippen molar-refractivity contribution in [3.8, 4) is 0 Å². The third-order valence-corrected chi connectivity index (χ3v) is 1.83. The molecule has 1 unspecified atom stereocenters. The van der Waals surface area contributed by atoms with Gasteiger partial charge in [0.1, 0.15) is 17.4 Å². The normalized spacial score (nSPS) is 12.2. The predicted molar refractivity (Wildman–Crippen MR) is 49.2 cm³/mol. The fraction of sp³-hybridized carbons (Fsp3) is 0.300. The summed E-state index contributed by atoms with van der Waals surface area (Å²) >= 11 is 0. The molecule has 0 aromatic carbocycles. The van der Waals surface area contributed by atoms with Crippen LogP contribution in [0.5, 0.6) is 0 Å². The first-order valence-electron chi connectivity index (χ1n) is 3.99. The molecule has 0 bridgehead atoms. The summed E-state index contributed by atoms with van der Waals surface area (Å²) in [4.78, 5) is 11.1. The van der Waals surface area contributed by atoms with Gasteiger partial charge in [0.15, 0.2) is 0 Å². The molecule has 0 amide bonds. The standard InChI is InChI=1S/C10H12O3/c1-4-8-5-6-9(13-8)7(2)10(11)12-3/h4-7H,1H2,2-3H3. The maximum absolute atomic E-state index is 11.1. The van der Waals surface area contributed by atoms with Gasteiger partial charge in [-0.3, -0.25) is 4.79 Å². The summed E-state index contributed by atoms with van der Waals surface area (Å²) in [6, 6.07) is 3.51. The minimum absolute atomic E-state index is 0.301. The molecule has 0 aliphatic heterocycles. The summed E-state index contributed by atoms with van der Waals surface area (Å²) in [6.07, 6.45) is 1.59. The van der Waals surface area contributed by atoms with Crippen LogP contribution in [-0.2, 0) is 9.53 Å². The largest absolute Gasteiger partial charge is 0.468 e. The van der Waals surface area contributed by atoms with Crippen molar-refractivity contribution < 1.29 is 13.9 Å². The van der Waals surface area contributed by atoms with Gasteiger partial charge in [-0.25, -0.2) is 0 Å². The van der Waals surface area contributed by atoms with Gasteiger partial charge in [-0.2, -0.15) is 0 Å². The van der Waals surface area contributed by atoms with Gasteiger partial charge in [0, 0.05) is 0 Å². The van der Waals surface area contributed by atoms with Crippen molar-refractivity contribution in [2.45, 2.75) is 12.8 Å². The second-order valence-electron chi connectivity index (χ2n) is 2.69. The lowest BCUT2D eigenvalue weighted by molar-refractivity contribution is -0.142. The van der Waals surface area contributed by atoms with E-state index >= 15 is 0 Å². The zero-order chi connectivity index (χ0) is 9.84. The van der Waals surface area contributed by atoms with Crippen molar-refractivity contribution in [2.24, 2.45) is 0 Å². The summed E-state index contributed by atoms with van der Waals surface area (Å²) in [5.41, 5.74) is 0. The lowest BCUT2D eigenvalue weighted by Crippen LogP contribution is -2.09. The molecule has 1 aromatic heterocycles. The van der Waals surface area contributed by atoms with Crippen LogP contribution in [0.2, 0.25) is 0 Å². The maximum atomic E-state index is 11.1. The van der Waals surface area contributed by atoms with E-state index in [1.807, 2.05) is 0 Å². The van der Waals surface area contributed by atoms with Crippen LogP contribution in [0.25, 0.3) is 6.08 Å². The van der Waals surface area contributed by atoms with Crippen LogP contribution < -0.4 is 0 Å². The summed E-state index contributed by atoms with van der Waals surface area (Å²) < 4.78 is 9.88. The average Bonchev–Trinajstić information content (AvgIpc) is 2.63. The van der Waals surface area contributed by atoms with Gasteiger partial charge in [0.05, 0.1) is 7.11 Å². The zero-order valence-corrected chi connectivity index (χ0v) is 7.74. The molecule has 13 heavy (non-hydrogen) atoms. The zero-order valence-electron chi connectivity index (χ0n) is 7.74. The van der Waals surface area contributed by atoms with Crippen LogP contribution >= 0.6 is 0 Å². The monoisotopic (exact) mass is 180 g/mol. The van der Waals surface area contributed by atoms with E-state index in [2.05, 4.69) is 11.3 Å². The van der Waals surface area contributed by atoms with E-state index < -0.39 is 0 Å². The quantitative estimate of drug-likeness (QED) is 0.669. The first-order valence-corrected chi connectivity index (χ1v) is 3.99. The van der Waals surface area contributed by atoms with E-state index in [9.17, 15) is 4.79 Å². The molecular weight excluding hydrogens is 168 g/mol. The first kappa shape index (κ1) is 9.58. The fourth-order valence-corrected chi connectivity index (χ4v) is 1.00. The molecule has 1 rings (SSSR count). The van der Waals surface area contributed by atoms with E-state index in [4.69, 9.17) is 4.42 Å². The highest BCUT2D eigenvalue weighted by Crippen LogP contribution is 2.19. The van der Waals surface area contributed by atoms with E-state index in [0.717, 1.165) is 0 Å². The highest BCUT2D eigenvalue weighted by atomic mass is 16.5. The van der Waals surface area contributed by atoms with Crippen molar-refractivity contribution in [3.63, 3.8) is 0 Å². The molecule has 70 valence electrons. The van der Waals surface area contributed by atoms with Gasteiger partial charge in [-0.15, -0.1) is 0 Å². The topological polar surface area (TPSA) is 39.4 Å². The number of rotatable bonds is 3. The van der Waals surface area contributed by atoms with Crippen molar-refractivity contribution in [1.82, 2.24) is 0 Å². The van der Waals surface area contributed by atoms with Crippen LogP contribution in [0.4, 0.5) is 0 Å². The Balaban J connectivity index is 2.82. The molecule has 0 saturated carbocycles. The minimum atomic E-state index is -0.362. The molecule has 0 spiro atoms. The minimum Gasteiger partial charge on any atom is -0.468 e. The summed E-state index contributed by atoms with van der Waals surface area (Å²) in [5.74, 6) is 0.594. The Hall–Kier alpha value is -1.51. The summed E-state index contributed by atoms with van der Waals surface area (Å²) in [6.45, 7) is 5.29. The second-order valence-corrected chi connectivity index (χ2v) is 2.69. The summed E-state index contributed by atoms with van der Waals surface area (Å²) in [7, 11) is 1.36. The van der Waals surface area contributed by atoms with E-state index in [1.54, 1.807) is 25.1 Å². The van der Waals surface area contributed by atoms with Crippen LogP contribution in [-0.4, -0.2) is 13.1 Å². The number of furan rings is 1. The van der Waals surface area contributed by atoms with Crippen LogP contribution in [0, 0.1) is 0 Å². The first-order chi connectivity index (χ1) is 6.19. The second kappa shape index (κ2) is 3.94. The van der Waals surface area contributed by atoms with Crippen LogP contribution in [0.3, 0.4) is 0 Å². The molecule has 3 nitrogen and oxygen atoms in total. The molecule has 0 N–H and O–H groups in total. The molecule has 0 radical (unpaired) electrons. The smallest absolute Gasteiger partial charge is 0.316 e. The van der Waals surface area contributed by atoms with Crippen molar-refractivity contribution >= 4 is 12.0 Å². The number of hydrogen-bond donors (Lipinski definition) is 0. The highest BCUT2D eigenvalue weighted by molar-refractivity contribution is 5.76. The lowest BCUT2D eigenvalue weighted by Gasteiger charge is -2.04. The summed E-state index contributed by atoms with van der Waals surface area (Å²) in [5, 5.41) is 0. The SMILES string of the molecule is C=Cc1ccc(C(C)C(=O)OC)o1. The molecule has 0 fully saturated rings. The predicted octanol–water partition coefficient (Wildman–Crippen LogP) is 2.20. The third-order valence-electron chi connectivity index (χ3n) is 1.83. The Morgan fingerprint density at radius 2 is 2.38 bits per heavy atom. The molecule has 3 heteroatoms. The Kier molecular flexibility index (Phi) is 2.90. The average molecular weight is 180 g/mol. The van der Waals surface area contributed by atoms with E-state index in [-0.39, 0.29) is 11.9 Å². The number of ether oxygens (including phenoxy) is 1. The van der Waals surface area contributed by atoms with Gasteiger partial charge in [0.25, 0.3) is 0 Å². The van der Waals surface area contributed by atoms with E-state index in [1.165, 1.54) is 7.11 Å². The van der Waals surface area contributed by atoms with Crippen LogP contribution in [0.1, 0.15) is 24.4 Å². The highest BCUT2D eigenvalue weighted by Gasteiger charge is 2.18. The maximum Gasteiger partial charge on any atom is 0.316 e. The van der Waals surface area contributed by atoms with Crippen molar-refractivity contribution in [2.75, 3.05) is 7.11 Å². The van der Waals surface area contributed by atoms with Crippen molar-refractivity contribution in [1.29, 1.82) is 0 Å². The Labute approximate surface area is 77.0 Å². The van der Waals surface area contributed by atoms with Gasteiger partial charge < -0.3 is 9.15 Å². The number of carbonyl (C=O) groups excluding carboxylic acids is 1. The molecule has 1 atom stereocenters. The number of hydrogen-bond acceptors (Lipinski definition) is 3. The molecule has 0 aliphatic rings. The number of esters is 1. The van der Waals surface area contributed by atoms with E-state index in [0.29, 0.717) is 11.5 Å². The fourth-order valence-electron chi connectivity index (χ4n) is 1.00. The van der Waals surface area contributed by atoms with Crippen LogP contribution in [0.15, 0.2) is 23.1 Å². The Morgan fingerprint density at radius 3 is 2.85 bits per heavy atom. The molecule has 0 saturated heterocycles. The van der Waals surface area contributed by atoms with Gasteiger partial charge >= 0.3 is 5.97 Å². The third kappa shape index (κ3) is 1.99. The number of methoxy groups -OCH3 is 1. The molecule has 0 aliphatic carbocycles. The van der Waals surface area contributed by atoms with Gasteiger partial charge in [0.2, 0.25) is 0 Å². The van der Waals surface area contributed by atoms with Crippen molar-refractivity contribution in [3.05, 3.63) is 30.2 Å². The van der Waals surface area contributed by atoms with Gasteiger partial charge in [-0.05, 0) is 25.1 Å². The lowest BCUT2D eigenvalue weighted by atomic mass is 10.1. The number of carbonyl (C=O) groups is 1. The Bertz CT molecular complexity index is 312. The molecule has 1 aromatic rings. The van der Waals surface area contributed by atoms with Gasteiger partial charge in [-0.1, -0.05) is 6.58 Å². The Morgan fingerprint density at radius 1 is 1.69 bits per heavy atom. The molecule has 1 heterocycles.